The van der Waals surface area contributed by atoms with E-state index < -0.39 is 0 Å². The molecule has 4 rings (SSSR count). The molecule has 28 heavy (non-hydrogen) atoms. The average molecular weight is 383 g/mol. The first-order valence-electron chi connectivity index (χ1n) is 10.1. The molecule has 0 spiro atoms. The molecule has 0 unspecified atom stereocenters. The minimum absolute atomic E-state index is 0.463. The Morgan fingerprint density at radius 1 is 1.00 bits per heavy atom. The zero-order chi connectivity index (χ0) is 19.5. The summed E-state index contributed by atoms with van der Waals surface area (Å²) in [6.45, 7) is 3.02. The second-order valence-corrected chi connectivity index (χ2v) is 7.68. The molecule has 1 N–H and O–H groups in total. The van der Waals surface area contributed by atoms with E-state index in [1.165, 1.54) is 24.0 Å². The number of nitrogens with one attached hydrogen (secondary N) is 1. The van der Waals surface area contributed by atoms with Gasteiger partial charge in [0, 0.05) is 42.7 Å². The van der Waals surface area contributed by atoms with Gasteiger partial charge in [-0.2, -0.15) is 0 Å². The summed E-state index contributed by atoms with van der Waals surface area (Å²) in [6, 6.07) is 15.7. The third-order valence-corrected chi connectivity index (χ3v) is 6.19. The number of hydrogen-bond donors (Lipinski definition) is 1. The summed E-state index contributed by atoms with van der Waals surface area (Å²) in [5.74, 6) is 3.11. The fourth-order valence-corrected chi connectivity index (χ4v) is 4.79. The molecule has 5 heteroatoms. The minimum atomic E-state index is 0.463. The quantitative estimate of drug-likeness (QED) is 0.829. The van der Waals surface area contributed by atoms with E-state index in [1.54, 1.807) is 21.3 Å². The number of piperidine rings is 1. The number of methoxy groups -OCH3 is 3. The molecule has 150 valence electrons. The number of rotatable bonds is 6. The Balaban J connectivity index is 1.59. The molecule has 0 saturated carbocycles. The molecule has 0 aromatic heterocycles. The predicted molar refractivity (Wildman–Crippen MR) is 111 cm³/mol. The number of hydrogen-bond acceptors (Lipinski definition) is 5. The highest BCUT2D eigenvalue weighted by Crippen LogP contribution is 2.39. The smallest absolute Gasteiger partial charge is 0.127 e. The summed E-state index contributed by atoms with van der Waals surface area (Å²) in [5, 5.41) is 3.80. The fraction of sp³-hybridized carbons (Fsp3) is 0.478. The van der Waals surface area contributed by atoms with Gasteiger partial charge in [-0.25, -0.2) is 0 Å². The molecule has 2 aromatic rings. The largest absolute Gasteiger partial charge is 0.497 e. The van der Waals surface area contributed by atoms with Crippen LogP contribution in [0.4, 0.5) is 0 Å². The lowest BCUT2D eigenvalue weighted by molar-refractivity contribution is 0.192. The molecule has 0 radical (unpaired) electrons. The van der Waals surface area contributed by atoms with E-state index in [9.17, 15) is 0 Å². The van der Waals surface area contributed by atoms with E-state index in [4.69, 9.17) is 14.2 Å². The zero-order valence-electron chi connectivity index (χ0n) is 17.0. The highest BCUT2D eigenvalue weighted by molar-refractivity contribution is 5.41. The van der Waals surface area contributed by atoms with Gasteiger partial charge in [0.25, 0.3) is 0 Å². The minimum Gasteiger partial charge on any atom is -0.497 e. The van der Waals surface area contributed by atoms with Crippen LogP contribution in [-0.2, 0) is 6.54 Å². The van der Waals surface area contributed by atoms with Crippen LogP contribution in [0.3, 0.4) is 0 Å². The number of nitrogens with zero attached hydrogens (tertiary/aromatic N) is 1. The van der Waals surface area contributed by atoms with Gasteiger partial charge in [0.05, 0.1) is 21.3 Å². The van der Waals surface area contributed by atoms with Crippen molar-refractivity contribution in [2.24, 2.45) is 0 Å². The van der Waals surface area contributed by atoms with E-state index in [1.807, 2.05) is 18.2 Å². The molecule has 0 bridgehead atoms. The number of ether oxygens (including phenoxy) is 3. The van der Waals surface area contributed by atoms with E-state index in [0.717, 1.165) is 36.9 Å². The molecule has 3 atom stereocenters. The van der Waals surface area contributed by atoms with Crippen molar-refractivity contribution in [1.82, 2.24) is 10.2 Å². The number of likely N-dealkylation sites (tertiary alicyclic amines) is 1. The molecular formula is C23H30N2O3. The lowest BCUT2D eigenvalue weighted by atomic mass is 9.87. The van der Waals surface area contributed by atoms with E-state index in [0.29, 0.717) is 18.0 Å². The number of benzene rings is 2. The molecule has 2 aromatic carbocycles. The number of fused-ring (bicyclic) bond motifs is 1. The van der Waals surface area contributed by atoms with Crippen molar-refractivity contribution in [2.75, 3.05) is 34.4 Å². The van der Waals surface area contributed by atoms with E-state index in [-0.39, 0.29) is 0 Å². The maximum absolute atomic E-state index is 5.64. The Morgan fingerprint density at radius 2 is 1.82 bits per heavy atom. The maximum Gasteiger partial charge on any atom is 0.127 e. The van der Waals surface area contributed by atoms with Crippen LogP contribution in [-0.4, -0.2) is 51.4 Å². The second kappa shape index (κ2) is 8.41. The lowest BCUT2D eigenvalue weighted by Gasteiger charge is -2.33. The lowest BCUT2D eigenvalue weighted by Crippen LogP contribution is -2.48. The van der Waals surface area contributed by atoms with Crippen LogP contribution in [0.2, 0.25) is 0 Å². The van der Waals surface area contributed by atoms with Crippen molar-refractivity contribution in [3.63, 3.8) is 0 Å². The third kappa shape index (κ3) is 3.69. The summed E-state index contributed by atoms with van der Waals surface area (Å²) in [6.07, 6.45) is 2.46. The van der Waals surface area contributed by atoms with Crippen LogP contribution >= 0.6 is 0 Å². The normalized spacial score (nSPS) is 24.6. The van der Waals surface area contributed by atoms with Crippen LogP contribution in [0.25, 0.3) is 0 Å². The van der Waals surface area contributed by atoms with Crippen molar-refractivity contribution in [3.8, 4) is 17.2 Å². The van der Waals surface area contributed by atoms with Crippen molar-refractivity contribution < 1.29 is 14.2 Å². The molecule has 2 aliphatic heterocycles. The Hall–Kier alpha value is -2.24. The molecule has 2 aliphatic rings. The molecule has 0 aliphatic carbocycles. The first kappa shape index (κ1) is 19.1. The Morgan fingerprint density at radius 3 is 2.61 bits per heavy atom. The van der Waals surface area contributed by atoms with Gasteiger partial charge in [-0.1, -0.05) is 18.2 Å². The van der Waals surface area contributed by atoms with Gasteiger partial charge < -0.3 is 19.5 Å². The first-order chi connectivity index (χ1) is 13.7. The Kier molecular flexibility index (Phi) is 5.74. The van der Waals surface area contributed by atoms with Crippen molar-refractivity contribution >= 4 is 0 Å². The monoisotopic (exact) mass is 382 g/mol. The Bertz CT molecular complexity index is 810. The van der Waals surface area contributed by atoms with Crippen molar-refractivity contribution in [1.29, 1.82) is 0 Å². The predicted octanol–water partition coefficient (Wildman–Crippen LogP) is 3.43. The van der Waals surface area contributed by atoms with Gasteiger partial charge in [0.1, 0.15) is 17.2 Å². The topological polar surface area (TPSA) is 43.0 Å². The second-order valence-electron chi connectivity index (χ2n) is 7.68. The fourth-order valence-electron chi connectivity index (χ4n) is 4.79. The third-order valence-electron chi connectivity index (χ3n) is 6.19. The van der Waals surface area contributed by atoms with Gasteiger partial charge in [-0.15, -0.1) is 0 Å². The Labute approximate surface area is 167 Å². The summed E-state index contributed by atoms with van der Waals surface area (Å²) >= 11 is 0. The highest BCUT2D eigenvalue weighted by atomic mass is 16.5. The molecule has 0 amide bonds. The van der Waals surface area contributed by atoms with Crippen molar-refractivity contribution in [3.05, 3.63) is 53.6 Å². The summed E-state index contributed by atoms with van der Waals surface area (Å²) in [5.41, 5.74) is 2.56. The summed E-state index contributed by atoms with van der Waals surface area (Å²) in [4.78, 5) is 2.62. The van der Waals surface area contributed by atoms with Gasteiger partial charge in [-0.05, 0) is 43.1 Å². The SMILES string of the molecule is COc1cccc([C@H]2CN(Cc3ccc(OC)cc3OC)[C@@H]3CCCN[C@H]23)c1. The van der Waals surface area contributed by atoms with Crippen LogP contribution < -0.4 is 19.5 Å². The molecule has 2 heterocycles. The van der Waals surface area contributed by atoms with Gasteiger partial charge in [0.2, 0.25) is 0 Å². The van der Waals surface area contributed by atoms with Gasteiger partial charge >= 0.3 is 0 Å². The van der Waals surface area contributed by atoms with Crippen molar-refractivity contribution in [2.45, 2.75) is 37.4 Å². The standard InChI is InChI=1S/C23H30N2O3/c1-26-18-7-4-6-16(12-18)20-15-25(21-8-5-11-24-23(20)21)14-17-9-10-19(27-2)13-22(17)28-3/h4,6-7,9-10,12-13,20-21,23-24H,5,8,11,14-15H2,1-3H3/t20-,21-,23-/m1/s1. The van der Waals surface area contributed by atoms with Gasteiger partial charge in [-0.3, -0.25) is 4.90 Å². The molecule has 5 nitrogen and oxygen atoms in total. The van der Waals surface area contributed by atoms with E-state index >= 15 is 0 Å². The van der Waals surface area contributed by atoms with Crippen LogP contribution in [0.1, 0.15) is 29.9 Å². The molecule has 2 fully saturated rings. The van der Waals surface area contributed by atoms with Gasteiger partial charge in [0.15, 0.2) is 0 Å². The van der Waals surface area contributed by atoms with Crippen LogP contribution in [0.5, 0.6) is 17.2 Å². The zero-order valence-corrected chi connectivity index (χ0v) is 17.0. The summed E-state index contributed by atoms with van der Waals surface area (Å²) in [7, 11) is 5.15. The molecular weight excluding hydrogens is 352 g/mol. The summed E-state index contributed by atoms with van der Waals surface area (Å²) < 4.78 is 16.4. The molecule has 2 saturated heterocycles. The average Bonchev–Trinajstić information content (AvgIpc) is 3.12. The maximum atomic E-state index is 5.64. The van der Waals surface area contributed by atoms with E-state index in [2.05, 4.69) is 34.5 Å². The van der Waals surface area contributed by atoms with Crippen LogP contribution in [0.15, 0.2) is 42.5 Å². The highest BCUT2D eigenvalue weighted by Gasteiger charge is 2.43. The first-order valence-corrected chi connectivity index (χ1v) is 10.1. The van der Waals surface area contributed by atoms with Crippen LogP contribution in [0, 0.1) is 0 Å².